The first-order chi connectivity index (χ1) is 11.2. The zero-order valence-electron chi connectivity index (χ0n) is 14.7. The molecule has 23 heavy (non-hydrogen) atoms. The minimum absolute atomic E-state index is 0.132. The van der Waals surface area contributed by atoms with E-state index in [1.165, 1.54) is 43.2 Å². The Morgan fingerprint density at radius 1 is 0.783 bits per heavy atom. The summed E-state index contributed by atoms with van der Waals surface area (Å²) in [6.07, 6.45) is 7.54. The normalized spacial score (nSPS) is 13.0. The van der Waals surface area contributed by atoms with E-state index in [-0.39, 0.29) is 11.5 Å². The lowest BCUT2D eigenvalue weighted by atomic mass is 9.69. The third-order valence-corrected chi connectivity index (χ3v) is 5.11. The maximum Gasteiger partial charge on any atom is 0.0325 e. The maximum atomic E-state index is 6.73. The van der Waals surface area contributed by atoms with Crippen molar-refractivity contribution in [1.82, 2.24) is 0 Å². The summed E-state index contributed by atoms with van der Waals surface area (Å²) in [4.78, 5) is 0. The van der Waals surface area contributed by atoms with E-state index in [1.54, 1.807) is 0 Å². The molecule has 0 aromatic heterocycles. The topological polar surface area (TPSA) is 26.0 Å². The molecule has 0 aliphatic rings. The SMILES string of the molecule is CCCCCCCC(N)C(C)(c1ccccc1)c1ccccc1. The third-order valence-electron chi connectivity index (χ3n) is 5.11. The molecular formula is C22H31N. The Hall–Kier alpha value is -1.60. The largest absolute Gasteiger partial charge is 0.327 e. The lowest BCUT2D eigenvalue weighted by Gasteiger charge is -2.37. The van der Waals surface area contributed by atoms with Crippen molar-refractivity contribution in [2.45, 2.75) is 63.8 Å². The molecule has 1 unspecified atom stereocenters. The predicted molar refractivity (Wildman–Crippen MR) is 101 cm³/mol. The number of rotatable bonds is 9. The minimum atomic E-state index is -0.132. The van der Waals surface area contributed by atoms with Gasteiger partial charge >= 0.3 is 0 Å². The van der Waals surface area contributed by atoms with Crippen LogP contribution in [0.4, 0.5) is 0 Å². The zero-order valence-corrected chi connectivity index (χ0v) is 14.7. The Kier molecular flexibility index (Phi) is 6.85. The summed E-state index contributed by atoms with van der Waals surface area (Å²) in [7, 11) is 0. The number of unbranched alkanes of at least 4 members (excludes halogenated alkanes) is 4. The van der Waals surface area contributed by atoms with Gasteiger partial charge in [0.2, 0.25) is 0 Å². The van der Waals surface area contributed by atoms with Crippen LogP contribution in [0.2, 0.25) is 0 Å². The summed E-state index contributed by atoms with van der Waals surface area (Å²) in [6.45, 7) is 4.56. The maximum absolute atomic E-state index is 6.73. The Balaban J connectivity index is 2.17. The van der Waals surface area contributed by atoms with Gasteiger partial charge in [0.15, 0.2) is 0 Å². The van der Waals surface area contributed by atoms with E-state index in [4.69, 9.17) is 5.73 Å². The van der Waals surface area contributed by atoms with E-state index >= 15 is 0 Å². The summed E-state index contributed by atoms with van der Waals surface area (Å²) in [5.74, 6) is 0. The van der Waals surface area contributed by atoms with Gasteiger partial charge in [0.05, 0.1) is 0 Å². The van der Waals surface area contributed by atoms with Gasteiger partial charge in [0.1, 0.15) is 0 Å². The van der Waals surface area contributed by atoms with Crippen molar-refractivity contribution < 1.29 is 0 Å². The molecule has 124 valence electrons. The molecule has 2 N–H and O–H groups in total. The van der Waals surface area contributed by atoms with Gasteiger partial charge in [-0.25, -0.2) is 0 Å². The van der Waals surface area contributed by atoms with Crippen LogP contribution in [-0.2, 0) is 5.41 Å². The predicted octanol–water partition coefficient (Wildman–Crippen LogP) is 5.68. The molecule has 2 rings (SSSR count). The molecule has 2 aromatic carbocycles. The summed E-state index contributed by atoms with van der Waals surface area (Å²) >= 11 is 0. The number of nitrogens with two attached hydrogens (primary N) is 1. The van der Waals surface area contributed by atoms with E-state index in [1.807, 2.05) is 0 Å². The average Bonchev–Trinajstić information content (AvgIpc) is 2.62. The van der Waals surface area contributed by atoms with Gasteiger partial charge in [0, 0.05) is 11.5 Å². The minimum Gasteiger partial charge on any atom is -0.327 e. The van der Waals surface area contributed by atoms with E-state index in [2.05, 4.69) is 74.5 Å². The van der Waals surface area contributed by atoms with Crippen LogP contribution in [0.3, 0.4) is 0 Å². The fourth-order valence-corrected chi connectivity index (χ4v) is 3.42. The first-order valence-corrected chi connectivity index (χ1v) is 9.06. The highest BCUT2D eigenvalue weighted by Gasteiger charge is 2.34. The van der Waals surface area contributed by atoms with Crippen molar-refractivity contribution in [2.24, 2.45) is 5.73 Å². The van der Waals surface area contributed by atoms with Gasteiger partial charge in [-0.1, -0.05) is 99.7 Å². The fourth-order valence-electron chi connectivity index (χ4n) is 3.42. The Morgan fingerprint density at radius 2 is 1.26 bits per heavy atom. The van der Waals surface area contributed by atoms with Gasteiger partial charge in [-0.15, -0.1) is 0 Å². The van der Waals surface area contributed by atoms with Gasteiger partial charge in [-0.3, -0.25) is 0 Å². The van der Waals surface area contributed by atoms with Crippen molar-refractivity contribution in [1.29, 1.82) is 0 Å². The molecule has 2 aromatic rings. The fraction of sp³-hybridized carbons (Fsp3) is 0.455. The molecule has 0 bridgehead atoms. The van der Waals surface area contributed by atoms with E-state index in [9.17, 15) is 0 Å². The number of hydrogen-bond acceptors (Lipinski definition) is 1. The van der Waals surface area contributed by atoms with Crippen LogP contribution in [0.5, 0.6) is 0 Å². The third kappa shape index (κ3) is 4.45. The molecule has 0 heterocycles. The molecule has 0 fully saturated rings. The van der Waals surface area contributed by atoms with Crippen LogP contribution in [0.25, 0.3) is 0 Å². The summed E-state index contributed by atoms with van der Waals surface area (Å²) in [5.41, 5.74) is 9.22. The lowest BCUT2D eigenvalue weighted by Crippen LogP contribution is -2.44. The monoisotopic (exact) mass is 309 g/mol. The van der Waals surface area contributed by atoms with Crippen LogP contribution in [0, 0.1) is 0 Å². The first-order valence-electron chi connectivity index (χ1n) is 9.06. The molecule has 0 saturated heterocycles. The molecule has 1 nitrogen and oxygen atoms in total. The summed E-state index contributed by atoms with van der Waals surface area (Å²) in [6, 6.07) is 21.6. The standard InChI is InChI=1S/C22H31N/c1-3-4-5-6-13-18-21(23)22(2,19-14-9-7-10-15-19)20-16-11-8-12-17-20/h7-12,14-17,21H,3-6,13,18,23H2,1-2H3. The quantitative estimate of drug-likeness (QED) is 0.592. The highest BCUT2D eigenvalue weighted by atomic mass is 14.7. The highest BCUT2D eigenvalue weighted by molar-refractivity contribution is 5.40. The first kappa shape index (κ1) is 17.7. The van der Waals surface area contributed by atoms with Crippen molar-refractivity contribution in [3.05, 3.63) is 71.8 Å². The molecule has 0 aliphatic carbocycles. The van der Waals surface area contributed by atoms with Crippen molar-refractivity contribution in [2.75, 3.05) is 0 Å². The number of hydrogen-bond donors (Lipinski definition) is 1. The van der Waals surface area contributed by atoms with Gasteiger partial charge in [0.25, 0.3) is 0 Å². The molecular weight excluding hydrogens is 278 g/mol. The van der Waals surface area contributed by atoms with Gasteiger partial charge in [-0.05, 0) is 24.5 Å². The Bertz CT molecular complexity index is 507. The van der Waals surface area contributed by atoms with Crippen molar-refractivity contribution in [3.8, 4) is 0 Å². The smallest absolute Gasteiger partial charge is 0.0325 e. The molecule has 1 atom stereocenters. The highest BCUT2D eigenvalue weighted by Crippen LogP contribution is 2.36. The second-order valence-electron chi connectivity index (χ2n) is 6.74. The Labute approximate surface area is 141 Å². The molecule has 0 amide bonds. The van der Waals surface area contributed by atoms with Gasteiger partial charge in [-0.2, -0.15) is 0 Å². The summed E-state index contributed by atoms with van der Waals surface area (Å²) in [5, 5.41) is 0. The van der Waals surface area contributed by atoms with E-state index in [0.29, 0.717) is 0 Å². The lowest BCUT2D eigenvalue weighted by molar-refractivity contribution is 0.402. The Morgan fingerprint density at radius 3 is 1.74 bits per heavy atom. The average molecular weight is 309 g/mol. The van der Waals surface area contributed by atoms with Crippen LogP contribution < -0.4 is 5.73 Å². The molecule has 1 heteroatoms. The molecule has 0 spiro atoms. The van der Waals surface area contributed by atoms with Crippen LogP contribution >= 0.6 is 0 Å². The van der Waals surface area contributed by atoms with Crippen LogP contribution in [-0.4, -0.2) is 6.04 Å². The second kappa shape index (κ2) is 8.88. The van der Waals surface area contributed by atoms with E-state index < -0.39 is 0 Å². The molecule has 0 radical (unpaired) electrons. The van der Waals surface area contributed by atoms with Crippen LogP contribution in [0.1, 0.15) is 63.5 Å². The second-order valence-corrected chi connectivity index (χ2v) is 6.74. The van der Waals surface area contributed by atoms with Crippen molar-refractivity contribution >= 4 is 0 Å². The molecule has 0 saturated carbocycles. The number of benzene rings is 2. The van der Waals surface area contributed by atoms with Crippen LogP contribution in [0.15, 0.2) is 60.7 Å². The molecule has 0 aliphatic heterocycles. The van der Waals surface area contributed by atoms with Crippen molar-refractivity contribution in [3.63, 3.8) is 0 Å². The van der Waals surface area contributed by atoms with E-state index in [0.717, 1.165) is 6.42 Å². The zero-order chi connectivity index (χ0) is 16.5. The summed E-state index contributed by atoms with van der Waals surface area (Å²) < 4.78 is 0. The van der Waals surface area contributed by atoms with Gasteiger partial charge < -0.3 is 5.73 Å².